The van der Waals surface area contributed by atoms with Crippen molar-refractivity contribution in [1.82, 2.24) is 25.4 Å². The lowest BCUT2D eigenvalue weighted by Crippen LogP contribution is -2.41. The number of nitrogens with two attached hydrogens (primary N) is 1. The summed E-state index contributed by atoms with van der Waals surface area (Å²) in [7, 11) is -2.63. The van der Waals surface area contributed by atoms with Crippen molar-refractivity contribution in [2.24, 2.45) is 5.92 Å². The molecular formula is C13H19N7O3S. The molecule has 0 bridgehead atoms. The molecule has 130 valence electrons. The van der Waals surface area contributed by atoms with Gasteiger partial charge in [0.2, 0.25) is 10.9 Å². The van der Waals surface area contributed by atoms with Crippen molar-refractivity contribution in [1.29, 1.82) is 0 Å². The highest BCUT2D eigenvalue weighted by molar-refractivity contribution is 7.70. The summed E-state index contributed by atoms with van der Waals surface area (Å²) >= 11 is 0. The van der Waals surface area contributed by atoms with Gasteiger partial charge < -0.3 is 10.6 Å². The van der Waals surface area contributed by atoms with Crippen LogP contribution in [0.2, 0.25) is 0 Å². The summed E-state index contributed by atoms with van der Waals surface area (Å²) < 4.78 is 20.9. The van der Waals surface area contributed by atoms with E-state index in [0.717, 1.165) is 31.7 Å². The molecule has 0 unspecified atom stereocenters. The summed E-state index contributed by atoms with van der Waals surface area (Å²) in [5.41, 5.74) is 8.28. The van der Waals surface area contributed by atoms with Crippen LogP contribution in [0.15, 0.2) is 17.1 Å². The molecule has 0 atom stereocenters. The van der Waals surface area contributed by atoms with Gasteiger partial charge in [-0.15, -0.1) is 0 Å². The summed E-state index contributed by atoms with van der Waals surface area (Å²) in [4.78, 5) is 20.4. The van der Waals surface area contributed by atoms with E-state index in [1.165, 1.54) is 0 Å². The molecule has 5 N–H and O–H groups in total. The summed E-state index contributed by atoms with van der Waals surface area (Å²) in [5.74, 6) is 1.30. The van der Waals surface area contributed by atoms with E-state index in [1.54, 1.807) is 6.20 Å². The van der Waals surface area contributed by atoms with Crippen molar-refractivity contribution in [3.63, 3.8) is 0 Å². The Labute approximate surface area is 139 Å². The zero-order chi connectivity index (χ0) is 17.1. The van der Waals surface area contributed by atoms with Gasteiger partial charge in [-0.3, -0.25) is 4.79 Å². The molecule has 11 heteroatoms. The van der Waals surface area contributed by atoms with E-state index in [0.29, 0.717) is 23.2 Å². The number of hydrogen-bond donors (Lipinski definition) is 5. The largest absolute Gasteiger partial charge is 0.383 e. The zero-order valence-corrected chi connectivity index (χ0v) is 13.8. The summed E-state index contributed by atoms with van der Waals surface area (Å²) in [5, 5.41) is 7.16. The standard InChI is InChI=1S/C13H19N7O3S/c14-12-11-9(7-15-18-13(11)21)5-10(17-12)20-3-1-8(2-4-20)6-16-19-24(22)23/h5,7-8,16,24H,1-4,6H2,(H2,14,17)(H,18,21)(H,19,22,23). The van der Waals surface area contributed by atoms with E-state index in [-0.39, 0.29) is 11.4 Å². The molecule has 0 aliphatic carbocycles. The predicted octanol–water partition coefficient (Wildman–Crippen LogP) is -1.26. The lowest BCUT2D eigenvalue weighted by atomic mass is 9.97. The van der Waals surface area contributed by atoms with Gasteiger partial charge in [-0.2, -0.15) is 9.93 Å². The average molecular weight is 353 g/mol. The first-order valence-electron chi connectivity index (χ1n) is 7.56. The normalized spacial score (nSPS) is 16.1. The van der Waals surface area contributed by atoms with Crippen molar-refractivity contribution >= 4 is 33.3 Å². The number of fused-ring (bicyclic) bond motifs is 1. The smallest absolute Gasteiger partial charge is 0.275 e. The molecule has 0 radical (unpaired) electrons. The van der Waals surface area contributed by atoms with Gasteiger partial charge in [-0.1, -0.05) is 0 Å². The highest BCUT2D eigenvalue weighted by Crippen LogP contribution is 2.25. The minimum absolute atomic E-state index is 0.193. The molecule has 3 heterocycles. The fourth-order valence-corrected chi connectivity index (χ4v) is 3.14. The molecule has 24 heavy (non-hydrogen) atoms. The Morgan fingerprint density at radius 1 is 1.38 bits per heavy atom. The maximum Gasteiger partial charge on any atom is 0.275 e. The highest BCUT2D eigenvalue weighted by atomic mass is 32.2. The third kappa shape index (κ3) is 3.63. The number of nitrogens with one attached hydrogen (secondary N) is 3. The van der Waals surface area contributed by atoms with Crippen molar-refractivity contribution in [3.8, 4) is 0 Å². The molecular weight excluding hydrogens is 334 g/mol. The van der Waals surface area contributed by atoms with Gasteiger partial charge >= 0.3 is 0 Å². The Bertz CT molecular complexity index is 850. The van der Waals surface area contributed by atoms with Crippen molar-refractivity contribution in [2.45, 2.75) is 12.8 Å². The van der Waals surface area contributed by atoms with Crippen molar-refractivity contribution < 1.29 is 8.42 Å². The maximum atomic E-state index is 11.8. The SMILES string of the molecule is Nc1nc(N2CCC(CNN[SH](=O)=O)CC2)cc2cn[nH]c(=O)c12. The van der Waals surface area contributed by atoms with Crippen LogP contribution in [-0.2, 0) is 10.9 Å². The highest BCUT2D eigenvalue weighted by Gasteiger charge is 2.21. The van der Waals surface area contributed by atoms with Crippen LogP contribution in [0.3, 0.4) is 0 Å². The molecule has 1 aliphatic rings. The number of pyridine rings is 1. The van der Waals surface area contributed by atoms with E-state index in [4.69, 9.17) is 5.73 Å². The van der Waals surface area contributed by atoms with Crippen LogP contribution in [0.5, 0.6) is 0 Å². The van der Waals surface area contributed by atoms with Gasteiger partial charge in [0.05, 0.1) is 11.6 Å². The van der Waals surface area contributed by atoms with Crippen LogP contribution in [-0.4, -0.2) is 43.2 Å². The fraction of sp³-hybridized carbons (Fsp3) is 0.462. The molecule has 2 aromatic heterocycles. The van der Waals surface area contributed by atoms with Crippen LogP contribution in [0.1, 0.15) is 12.8 Å². The number of H-pyrrole nitrogens is 1. The van der Waals surface area contributed by atoms with Gasteiger partial charge in [0, 0.05) is 25.0 Å². The number of nitrogens with zero attached hydrogens (tertiary/aromatic N) is 3. The van der Waals surface area contributed by atoms with Gasteiger partial charge in [-0.05, 0) is 24.8 Å². The fourth-order valence-electron chi connectivity index (χ4n) is 2.92. The number of aromatic nitrogens is 3. The van der Waals surface area contributed by atoms with E-state index in [1.807, 2.05) is 6.07 Å². The second-order valence-electron chi connectivity index (χ2n) is 5.71. The minimum Gasteiger partial charge on any atom is -0.383 e. The van der Waals surface area contributed by atoms with Gasteiger partial charge in [-0.25, -0.2) is 23.9 Å². The zero-order valence-electron chi connectivity index (χ0n) is 12.9. The number of rotatable bonds is 5. The van der Waals surface area contributed by atoms with Crippen LogP contribution in [0, 0.1) is 5.92 Å². The second-order valence-corrected chi connectivity index (χ2v) is 6.45. The van der Waals surface area contributed by atoms with Crippen molar-refractivity contribution in [3.05, 3.63) is 22.6 Å². The first-order valence-corrected chi connectivity index (χ1v) is 8.74. The summed E-state index contributed by atoms with van der Waals surface area (Å²) in [6, 6.07) is 1.82. The maximum absolute atomic E-state index is 11.8. The van der Waals surface area contributed by atoms with Gasteiger partial charge in [0.25, 0.3) is 5.56 Å². The van der Waals surface area contributed by atoms with Crippen LogP contribution in [0.4, 0.5) is 11.6 Å². The molecule has 1 saturated heterocycles. The number of anilines is 2. The average Bonchev–Trinajstić information content (AvgIpc) is 2.55. The van der Waals surface area contributed by atoms with Crippen LogP contribution in [0.25, 0.3) is 10.8 Å². The van der Waals surface area contributed by atoms with Crippen LogP contribution >= 0.6 is 0 Å². The molecule has 0 amide bonds. The van der Waals surface area contributed by atoms with Crippen LogP contribution < -0.4 is 26.4 Å². The first-order chi connectivity index (χ1) is 11.5. The molecule has 3 rings (SSSR count). The molecule has 2 aromatic rings. The first kappa shape index (κ1) is 16.6. The predicted molar refractivity (Wildman–Crippen MR) is 91.0 cm³/mol. The Kier molecular flexibility index (Phi) is 4.92. The van der Waals surface area contributed by atoms with E-state index >= 15 is 0 Å². The molecule has 10 nitrogen and oxygen atoms in total. The topological polar surface area (TPSA) is 146 Å². The number of hydrazine groups is 1. The number of nitrogen functional groups attached to an aromatic ring is 1. The lowest BCUT2D eigenvalue weighted by Gasteiger charge is -2.33. The third-order valence-electron chi connectivity index (χ3n) is 4.16. The molecule has 1 fully saturated rings. The van der Waals surface area contributed by atoms with Gasteiger partial charge in [0.1, 0.15) is 11.6 Å². The summed E-state index contributed by atoms with van der Waals surface area (Å²) in [6.07, 6.45) is 3.36. The van der Waals surface area contributed by atoms with E-state index < -0.39 is 10.9 Å². The number of aromatic amines is 1. The molecule has 0 saturated carbocycles. The quantitative estimate of drug-likeness (QED) is 0.331. The lowest BCUT2D eigenvalue weighted by molar-refractivity contribution is 0.376. The van der Waals surface area contributed by atoms with E-state index in [2.05, 4.69) is 30.3 Å². The third-order valence-corrected chi connectivity index (χ3v) is 4.50. The number of hydrogen-bond acceptors (Lipinski definition) is 8. The Hall–Kier alpha value is -2.24. The van der Waals surface area contributed by atoms with Gasteiger partial charge in [0.15, 0.2) is 0 Å². The minimum atomic E-state index is -2.63. The number of thiol groups is 1. The Morgan fingerprint density at radius 2 is 2.12 bits per heavy atom. The molecule has 0 spiro atoms. The number of piperidine rings is 1. The molecule has 1 aliphatic heterocycles. The van der Waals surface area contributed by atoms with Crippen molar-refractivity contribution in [2.75, 3.05) is 30.3 Å². The summed E-state index contributed by atoms with van der Waals surface area (Å²) in [6.45, 7) is 2.15. The monoisotopic (exact) mass is 353 g/mol. The van der Waals surface area contributed by atoms with E-state index in [9.17, 15) is 13.2 Å². The Balaban J connectivity index is 1.68. The second kappa shape index (κ2) is 7.11. The Morgan fingerprint density at radius 3 is 2.83 bits per heavy atom. The molecule has 0 aromatic carbocycles.